The minimum absolute atomic E-state index is 1.12. The summed E-state index contributed by atoms with van der Waals surface area (Å²) in [6.07, 6.45) is 0. The van der Waals surface area contributed by atoms with Gasteiger partial charge in [0.1, 0.15) is 0 Å². The topological polar surface area (TPSA) is 8.17 Å². The molecule has 11 rings (SSSR count). The van der Waals surface area contributed by atoms with E-state index in [9.17, 15) is 0 Å². The lowest BCUT2D eigenvalue weighted by Gasteiger charge is -2.25. The summed E-state index contributed by atoms with van der Waals surface area (Å²) in [6.45, 7) is 0. The van der Waals surface area contributed by atoms with E-state index < -0.39 is 0 Å². The second-order valence-corrected chi connectivity index (χ2v) is 14.9. The van der Waals surface area contributed by atoms with Crippen LogP contribution < -0.4 is 4.90 Å². The molecule has 0 amide bonds. The molecule has 272 valence electrons. The average molecular weight is 739 g/mol. The predicted molar refractivity (Wildman–Crippen MR) is 247 cm³/mol. The average Bonchev–Trinajstić information content (AvgIpc) is 3.63. The third-order valence-electron chi connectivity index (χ3n) is 11.5. The summed E-state index contributed by atoms with van der Waals surface area (Å²) in [7, 11) is 0. The van der Waals surface area contributed by atoms with Gasteiger partial charge in [0, 0.05) is 33.5 Å². The van der Waals surface area contributed by atoms with Crippen molar-refractivity contribution in [3.05, 3.63) is 231 Å². The Hall–Kier alpha value is -7.68. The molecule has 0 radical (unpaired) electrons. The van der Waals surface area contributed by atoms with Crippen molar-refractivity contribution in [2.75, 3.05) is 4.90 Å². The molecule has 0 bridgehead atoms. The van der Waals surface area contributed by atoms with Crippen LogP contribution >= 0.6 is 0 Å². The van der Waals surface area contributed by atoms with Gasteiger partial charge in [-0.2, -0.15) is 0 Å². The largest absolute Gasteiger partial charge is 0.310 e. The Morgan fingerprint density at radius 1 is 0.276 bits per heavy atom. The van der Waals surface area contributed by atoms with Crippen LogP contribution in [-0.4, -0.2) is 4.57 Å². The summed E-state index contributed by atoms with van der Waals surface area (Å²) in [5.41, 5.74) is 14.2. The molecule has 0 fully saturated rings. The van der Waals surface area contributed by atoms with Crippen LogP contribution in [0.2, 0.25) is 0 Å². The maximum atomic E-state index is 2.43. The van der Waals surface area contributed by atoms with Crippen LogP contribution in [0.15, 0.2) is 231 Å². The number of rotatable bonds is 7. The van der Waals surface area contributed by atoms with Gasteiger partial charge in [-0.05, 0) is 116 Å². The van der Waals surface area contributed by atoms with Crippen LogP contribution in [0.4, 0.5) is 17.1 Å². The zero-order chi connectivity index (χ0) is 38.4. The van der Waals surface area contributed by atoms with Gasteiger partial charge in [0.05, 0.1) is 11.0 Å². The third-order valence-corrected chi connectivity index (χ3v) is 11.5. The van der Waals surface area contributed by atoms with Crippen molar-refractivity contribution in [3.63, 3.8) is 0 Å². The van der Waals surface area contributed by atoms with Gasteiger partial charge in [-0.15, -0.1) is 0 Å². The lowest BCUT2D eigenvalue weighted by molar-refractivity contribution is 1.18. The summed E-state index contributed by atoms with van der Waals surface area (Å²) in [5.74, 6) is 0. The van der Waals surface area contributed by atoms with Crippen LogP contribution in [0.25, 0.3) is 82.4 Å². The Labute approximate surface area is 338 Å². The Morgan fingerprint density at radius 3 is 1.40 bits per heavy atom. The van der Waals surface area contributed by atoms with Crippen LogP contribution in [0.5, 0.6) is 0 Å². The maximum absolute atomic E-state index is 2.43. The molecular weight excluding hydrogens is 701 g/mol. The monoisotopic (exact) mass is 738 g/mol. The summed E-state index contributed by atoms with van der Waals surface area (Å²) >= 11 is 0. The van der Waals surface area contributed by atoms with Crippen molar-refractivity contribution in [1.82, 2.24) is 4.57 Å². The van der Waals surface area contributed by atoms with E-state index in [1.54, 1.807) is 0 Å². The molecule has 0 N–H and O–H groups in total. The number of hydrogen-bond donors (Lipinski definition) is 0. The molecule has 0 unspecified atom stereocenters. The van der Waals surface area contributed by atoms with Gasteiger partial charge in [0.2, 0.25) is 0 Å². The van der Waals surface area contributed by atoms with Gasteiger partial charge in [-0.3, -0.25) is 0 Å². The molecule has 0 aliphatic carbocycles. The molecule has 0 aliphatic heterocycles. The van der Waals surface area contributed by atoms with Crippen molar-refractivity contribution in [3.8, 4) is 39.1 Å². The van der Waals surface area contributed by atoms with Crippen LogP contribution in [0, 0.1) is 0 Å². The van der Waals surface area contributed by atoms with Crippen LogP contribution in [0.3, 0.4) is 0 Å². The standard InChI is InChI=1S/C56H38N2/c1-4-19-39(20-5-1)45-27-10-11-29-47(45)56-50-32-14-12-30-48(50)55(49-31-13-15-33-51(49)56)40-21-18-26-43(37-40)58-53-34-17-16-28-46(53)52-38-44(35-36-54(52)58)57(41-22-6-2-7-23-41)42-24-8-3-9-25-42/h1-38H. The highest BCUT2D eigenvalue weighted by molar-refractivity contribution is 6.22. The van der Waals surface area contributed by atoms with Crippen molar-refractivity contribution in [1.29, 1.82) is 0 Å². The maximum Gasteiger partial charge on any atom is 0.0542 e. The number of para-hydroxylation sites is 3. The van der Waals surface area contributed by atoms with E-state index in [2.05, 4.69) is 240 Å². The fraction of sp³-hybridized carbons (Fsp3) is 0. The molecule has 0 aliphatic rings. The summed E-state index contributed by atoms with van der Waals surface area (Å²) < 4.78 is 2.43. The Kier molecular flexibility index (Phi) is 8.19. The molecule has 10 aromatic carbocycles. The number of fused-ring (bicyclic) bond motifs is 5. The van der Waals surface area contributed by atoms with E-state index in [0.717, 1.165) is 22.7 Å². The molecule has 2 heteroatoms. The van der Waals surface area contributed by atoms with E-state index in [0.29, 0.717) is 0 Å². The molecule has 0 atom stereocenters. The first kappa shape index (κ1) is 33.6. The summed E-state index contributed by atoms with van der Waals surface area (Å²) in [5, 5.41) is 7.41. The zero-order valence-electron chi connectivity index (χ0n) is 31.8. The van der Waals surface area contributed by atoms with Crippen molar-refractivity contribution in [2.24, 2.45) is 0 Å². The molecule has 1 heterocycles. The molecule has 0 saturated carbocycles. The van der Waals surface area contributed by atoms with Crippen molar-refractivity contribution in [2.45, 2.75) is 0 Å². The summed E-state index contributed by atoms with van der Waals surface area (Å²) in [4.78, 5) is 2.34. The van der Waals surface area contributed by atoms with Gasteiger partial charge in [0.15, 0.2) is 0 Å². The fourth-order valence-electron chi connectivity index (χ4n) is 9.08. The molecule has 2 nitrogen and oxygen atoms in total. The smallest absolute Gasteiger partial charge is 0.0542 e. The van der Waals surface area contributed by atoms with Gasteiger partial charge < -0.3 is 9.47 Å². The normalized spacial score (nSPS) is 11.4. The SMILES string of the molecule is c1ccc(-c2ccccc2-c2c3ccccc3c(-c3cccc(-n4c5ccccc5c5cc(N(c6ccccc6)c6ccccc6)ccc54)c3)c3ccccc23)cc1. The first-order valence-electron chi connectivity index (χ1n) is 19.9. The number of hydrogen-bond acceptors (Lipinski definition) is 1. The highest BCUT2D eigenvalue weighted by atomic mass is 15.1. The first-order valence-corrected chi connectivity index (χ1v) is 19.9. The van der Waals surface area contributed by atoms with Crippen molar-refractivity contribution >= 4 is 60.4 Å². The van der Waals surface area contributed by atoms with Gasteiger partial charge in [0.25, 0.3) is 0 Å². The van der Waals surface area contributed by atoms with Gasteiger partial charge >= 0.3 is 0 Å². The summed E-state index contributed by atoms with van der Waals surface area (Å²) in [6, 6.07) is 83.6. The fourth-order valence-corrected chi connectivity index (χ4v) is 9.08. The van der Waals surface area contributed by atoms with Crippen LogP contribution in [0.1, 0.15) is 0 Å². The highest BCUT2D eigenvalue weighted by Crippen LogP contribution is 2.47. The lowest BCUT2D eigenvalue weighted by Crippen LogP contribution is -2.09. The Balaban J connectivity index is 1.11. The molecule has 0 saturated heterocycles. The van der Waals surface area contributed by atoms with Crippen LogP contribution in [-0.2, 0) is 0 Å². The Bertz CT molecular complexity index is 3180. The van der Waals surface area contributed by atoms with Crippen molar-refractivity contribution < 1.29 is 0 Å². The second kappa shape index (κ2) is 14.1. The third kappa shape index (κ3) is 5.57. The molecule has 11 aromatic rings. The molecule has 58 heavy (non-hydrogen) atoms. The quantitative estimate of drug-likeness (QED) is 0.148. The predicted octanol–water partition coefficient (Wildman–Crippen LogP) is 15.6. The number of anilines is 3. The van der Waals surface area contributed by atoms with Gasteiger partial charge in [-0.25, -0.2) is 0 Å². The minimum atomic E-state index is 1.12. The number of nitrogens with zero attached hydrogens (tertiary/aromatic N) is 2. The molecule has 1 aromatic heterocycles. The second-order valence-electron chi connectivity index (χ2n) is 14.9. The van der Waals surface area contributed by atoms with E-state index in [1.807, 2.05) is 0 Å². The van der Waals surface area contributed by atoms with Gasteiger partial charge in [-0.1, -0.05) is 170 Å². The lowest BCUT2D eigenvalue weighted by atomic mass is 9.84. The Morgan fingerprint density at radius 2 is 0.759 bits per heavy atom. The molecular formula is C56H38N2. The first-order chi connectivity index (χ1) is 28.8. The van der Waals surface area contributed by atoms with E-state index in [1.165, 1.54) is 76.7 Å². The highest BCUT2D eigenvalue weighted by Gasteiger charge is 2.21. The minimum Gasteiger partial charge on any atom is -0.310 e. The van der Waals surface area contributed by atoms with E-state index >= 15 is 0 Å². The zero-order valence-corrected chi connectivity index (χ0v) is 31.8. The number of aromatic nitrogens is 1. The number of benzene rings is 10. The van der Waals surface area contributed by atoms with E-state index in [4.69, 9.17) is 0 Å². The van der Waals surface area contributed by atoms with E-state index in [-0.39, 0.29) is 0 Å². The molecule has 0 spiro atoms.